The lowest BCUT2D eigenvalue weighted by Gasteiger charge is -2.05. The molecule has 0 heterocycles. The number of ether oxygens (including phenoxy) is 1. The third-order valence-electron chi connectivity index (χ3n) is 1.37. The van der Waals surface area contributed by atoms with Gasteiger partial charge in [0.1, 0.15) is 0 Å². The van der Waals surface area contributed by atoms with E-state index in [-0.39, 0.29) is 0 Å². The van der Waals surface area contributed by atoms with E-state index in [0.29, 0.717) is 6.61 Å². The summed E-state index contributed by atoms with van der Waals surface area (Å²) in [7, 11) is 0. The second kappa shape index (κ2) is 4.14. The Morgan fingerprint density at radius 3 is 2.36 bits per heavy atom. The number of benzene rings is 1. The molecule has 0 amide bonds. The van der Waals surface area contributed by atoms with Gasteiger partial charge in [0.2, 0.25) is 0 Å². The molecule has 0 N–H and O–H groups in total. The van der Waals surface area contributed by atoms with Gasteiger partial charge in [-0.2, -0.15) is 0 Å². The standard InChI is InChI=1S/C10H13O/c1-9(2)11-8-10-6-4-3-5-7-10/h3-7H,8H2,1-2H3. The van der Waals surface area contributed by atoms with E-state index in [1.54, 1.807) is 0 Å². The molecular formula is C10H13O. The van der Waals surface area contributed by atoms with Crippen LogP contribution in [0.5, 0.6) is 0 Å². The highest BCUT2D eigenvalue weighted by Gasteiger charge is 1.94. The summed E-state index contributed by atoms with van der Waals surface area (Å²) in [5.41, 5.74) is 1.22. The van der Waals surface area contributed by atoms with Gasteiger partial charge in [0, 0.05) is 0 Å². The van der Waals surface area contributed by atoms with Gasteiger partial charge in [0.15, 0.2) is 0 Å². The lowest BCUT2D eigenvalue weighted by Crippen LogP contribution is -1.93. The third kappa shape index (κ3) is 3.19. The van der Waals surface area contributed by atoms with E-state index < -0.39 is 0 Å². The monoisotopic (exact) mass is 149 g/mol. The fraction of sp³-hybridized carbons (Fsp3) is 0.300. The van der Waals surface area contributed by atoms with Crippen molar-refractivity contribution in [1.82, 2.24) is 0 Å². The van der Waals surface area contributed by atoms with E-state index in [1.807, 2.05) is 32.0 Å². The highest BCUT2D eigenvalue weighted by atomic mass is 16.5. The summed E-state index contributed by atoms with van der Waals surface area (Å²) in [5.74, 6) is 0. The summed E-state index contributed by atoms with van der Waals surface area (Å²) in [4.78, 5) is 0. The van der Waals surface area contributed by atoms with Gasteiger partial charge in [0.25, 0.3) is 0 Å². The minimum absolute atomic E-state index is 0.684. The molecule has 0 atom stereocenters. The van der Waals surface area contributed by atoms with Gasteiger partial charge in [-0.15, -0.1) is 0 Å². The molecule has 0 fully saturated rings. The highest BCUT2D eigenvalue weighted by Crippen LogP contribution is 2.05. The molecule has 0 spiro atoms. The zero-order valence-corrected chi connectivity index (χ0v) is 7.00. The zero-order chi connectivity index (χ0) is 8.10. The first kappa shape index (κ1) is 8.28. The first-order valence-electron chi connectivity index (χ1n) is 3.76. The van der Waals surface area contributed by atoms with Crippen LogP contribution in [-0.2, 0) is 11.3 Å². The molecule has 0 bridgehead atoms. The molecule has 0 aromatic heterocycles. The summed E-state index contributed by atoms with van der Waals surface area (Å²) in [6.07, 6.45) is 1.01. The summed E-state index contributed by atoms with van der Waals surface area (Å²) in [5, 5.41) is 0. The minimum Gasteiger partial charge on any atom is -0.368 e. The number of hydrogen-bond donors (Lipinski definition) is 0. The van der Waals surface area contributed by atoms with Crippen LogP contribution in [0.1, 0.15) is 19.4 Å². The first-order chi connectivity index (χ1) is 5.29. The van der Waals surface area contributed by atoms with Crippen molar-refractivity contribution in [3.05, 3.63) is 42.0 Å². The van der Waals surface area contributed by atoms with Gasteiger partial charge in [-0.25, -0.2) is 0 Å². The molecule has 1 rings (SSSR count). The number of hydrogen-bond acceptors (Lipinski definition) is 1. The summed E-state index contributed by atoms with van der Waals surface area (Å²) in [6, 6.07) is 10.2. The van der Waals surface area contributed by atoms with Gasteiger partial charge in [0.05, 0.1) is 12.7 Å². The van der Waals surface area contributed by atoms with Crippen LogP contribution in [0.2, 0.25) is 0 Å². The highest BCUT2D eigenvalue weighted by molar-refractivity contribution is 5.13. The minimum atomic E-state index is 0.684. The summed E-state index contributed by atoms with van der Waals surface area (Å²) in [6.45, 7) is 4.61. The summed E-state index contributed by atoms with van der Waals surface area (Å²) >= 11 is 0. The van der Waals surface area contributed by atoms with Crippen molar-refractivity contribution in [1.29, 1.82) is 0 Å². The molecule has 1 aromatic rings. The quantitative estimate of drug-likeness (QED) is 0.642. The molecule has 1 radical (unpaired) electrons. The summed E-state index contributed by atoms with van der Waals surface area (Å²) < 4.78 is 5.34. The fourth-order valence-electron chi connectivity index (χ4n) is 0.802. The predicted molar refractivity (Wildman–Crippen MR) is 45.8 cm³/mol. The Kier molecular flexibility index (Phi) is 3.12. The van der Waals surface area contributed by atoms with E-state index in [9.17, 15) is 0 Å². The van der Waals surface area contributed by atoms with E-state index >= 15 is 0 Å². The van der Waals surface area contributed by atoms with E-state index in [0.717, 1.165) is 6.10 Å². The van der Waals surface area contributed by atoms with Gasteiger partial charge in [-0.3, -0.25) is 0 Å². The Bertz CT molecular complexity index is 191. The van der Waals surface area contributed by atoms with Crippen molar-refractivity contribution in [2.24, 2.45) is 0 Å². The maximum atomic E-state index is 5.34. The molecule has 1 aromatic carbocycles. The van der Waals surface area contributed by atoms with Gasteiger partial charge in [-0.1, -0.05) is 30.3 Å². The van der Waals surface area contributed by atoms with Crippen LogP contribution < -0.4 is 0 Å². The zero-order valence-electron chi connectivity index (χ0n) is 7.00. The van der Waals surface area contributed by atoms with E-state index in [4.69, 9.17) is 4.74 Å². The normalized spacial score (nSPS) is 10.5. The van der Waals surface area contributed by atoms with Crippen LogP contribution in [0.25, 0.3) is 0 Å². The van der Waals surface area contributed by atoms with Crippen molar-refractivity contribution < 1.29 is 4.74 Å². The first-order valence-corrected chi connectivity index (χ1v) is 3.76. The maximum absolute atomic E-state index is 5.34. The fourth-order valence-corrected chi connectivity index (χ4v) is 0.802. The Labute approximate surface area is 68.0 Å². The second-order valence-corrected chi connectivity index (χ2v) is 2.68. The van der Waals surface area contributed by atoms with E-state index in [2.05, 4.69) is 12.1 Å². The molecule has 0 aliphatic rings. The van der Waals surface area contributed by atoms with Gasteiger partial charge in [-0.05, 0) is 19.4 Å². The smallest absolute Gasteiger partial charge is 0.0914 e. The van der Waals surface area contributed by atoms with Crippen LogP contribution in [-0.4, -0.2) is 0 Å². The largest absolute Gasteiger partial charge is 0.368 e. The van der Waals surface area contributed by atoms with Crippen molar-refractivity contribution in [3.8, 4) is 0 Å². The Hall–Kier alpha value is -0.820. The molecule has 0 aliphatic carbocycles. The molecule has 1 heteroatoms. The topological polar surface area (TPSA) is 9.23 Å². The molecule has 11 heavy (non-hydrogen) atoms. The van der Waals surface area contributed by atoms with Crippen LogP contribution in [0, 0.1) is 6.10 Å². The molecular weight excluding hydrogens is 136 g/mol. The molecule has 1 nitrogen and oxygen atoms in total. The van der Waals surface area contributed by atoms with Crippen molar-refractivity contribution in [2.75, 3.05) is 0 Å². The molecule has 0 aliphatic heterocycles. The number of rotatable bonds is 3. The Balaban J connectivity index is 2.39. The lowest BCUT2D eigenvalue weighted by molar-refractivity contribution is 0.143. The molecule has 0 saturated heterocycles. The average Bonchev–Trinajstić information content (AvgIpc) is 2.03. The molecule has 0 unspecified atom stereocenters. The second-order valence-electron chi connectivity index (χ2n) is 2.68. The van der Waals surface area contributed by atoms with E-state index in [1.165, 1.54) is 5.56 Å². The lowest BCUT2D eigenvalue weighted by atomic mass is 10.2. The van der Waals surface area contributed by atoms with Crippen molar-refractivity contribution >= 4 is 0 Å². The third-order valence-corrected chi connectivity index (χ3v) is 1.37. The maximum Gasteiger partial charge on any atom is 0.0914 e. The van der Waals surface area contributed by atoms with Crippen LogP contribution in [0.3, 0.4) is 0 Å². The van der Waals surface area contributed by atoms with Crippen molar-refractivity contribution in [2.45, 2.75) is 20.5 Å². The molecule has 0 saturated carbocycles. The predicted octanol–water partition coefficient (Wildman–Crippen LogP) is 2.77. The van der Waals surface area contributed by atoms with Gasteiger partial charge >= 0.3 is 0 Å². The Morgan fingerprint density at radius 1 is 1.18 bits per heavy atom. The average molecular weight is 149 g/mol. The Morgan fingerprint density at radius 2 is 1.82 bits per heavy atom. The van der Waals surface area contributed by atoms with Gasteiger partial charge < -0.3 is 4.74 Å². The SMILES string of the molecule is C[C](C)OCc1ccccc1. The van der Waals surface area contributed by atoms with Crippen LogP contribution in [0.4, 0.5) is 0 Å². The van der Waals surface area contributed by atoms with Crippen molar-refractivity contribution in [3.63, 3.8) is 0 Å². The van der Waals surface area contributed by atoms with Crippen LogP contribution in [0.15, 0.2) is 30.3 Å². The van der Waals surface area contributed by atoms with Crippen LogP contribution >= 0.6 is 0 Å². The molecule has 59 valence electrons.